The van der Waals surface area contributed by atoms with E-state index in [-0.39, 0.29) is 22.7 Å². The number of amides is 2. The van der Waals surface area contributed by atoms with Crippen molar-refractivity contribution in [1.82, 2.24) is 4.31 Å². The lowest BCUT2D eigenvalue weighted by atomic mass is 9.90. The molecule has 0 aliphatic carbocycles. The van der Waals surface area contributed by atoms with Crippen LogP contribution in [0.4, 0.5) is 15.8 Å². The van der Waals surface area contributed by atoms with Crippen LogP contribution >= 0.6 is 0 Å². The number of rotatable bonds is 6. The van der Waals surface area contributed by atoms with Crippen molar-refractivity contribution in [2.24, 2.45) is 0 Å². The Bertz CT molecular complexity index is 1180. The lowest BCUT2D eigenvalue weighted by molar-refractivity contribution is -0.155. The van der Waals surface area contributed by atoms with Crippen molar-refractivity contribution in [1.29, 1.82) is 0 Å². The first-order valence-corrected chi connectivity index (χ1v) is 11.1. The zero-order valence-electron chi connectivity index (χ0n) is 17.6. The minimum absolute atomic E-state index is 0.0120. The van der Waals surface area contributed by atoms with Crippen LogP contribution < -0.4 is 10.6 Å². The summed E-state index contributed by atoms with van der Waals surface area (Å²) in [6.45, 7) is 1.35. The number of hydrogen-bond acceptors (Lipinski definition) is 6. The summed E-state index contributed by atoms with van der Waals surface area (Å²) in [6.07, 6.45) is -1.43. The molecule has 170 valence electrons. The minimum Gasteiger partial charge on any atom is -0.452 e. The monoisotopic (exact) mass is 463 g/mol. The zero-order chi connectivity index (χ0) is 23.6. The third-order valence-electron chi connectivity index (χ3n) is 4.88. The number of nitrogens with zero attached hydrogens (tertiary/aromatic N) is 1. The summed E-state index contributed by atoms with van der Waals surface area (Å²) in [7, 11) is -0.915. The molecular weight excluding hydrogens is 441 g/mol. The average Bonchev–Trinajstić information content (AvgIpc) is 2.72. The molecule has 0 spiro atoms. The summed E-state index contributed by atoms with van der Waals surface area (Å²) < 4.78 is 44.3. The second kappa shape index (κ2) is 9.05. The van der Waals surface area contributed by atoms with Gasteiger partial charge < -0.3 is 15.4 Å². The van der Waals surface area contributed by atoms with Crippen molar-refractivity contribution in [3.05, 3.63) is 53.8 Å². The largest absolute Gasteiger partial charge is 0.452 e. The van der Waals surface area contributed by atoms with E-state index in [2.05, 4.69) is 10.6 Å². The van der Waals surface area contributed by atoms with Gasteiger partial charge in [0.1, 0.15) is 5.82 Å². The Balaban J connectivity index is 1.71. The molecule has 2 aromatic carbocycles. The van der Waals surface area contributed by atoms with Gasteiger partial charge in [0.15, 0.2) is 6.10 Å². The van der Waals surface area contributed by atoms with Gasteiger partial charge in [0.05, 0.1) is 10.8 Å². The van der Waals surface area contributed by atoms with E-state index in [1.165, 1.54) is 57.4 Å². The van der Waals surface area contributed by atoms with Gasteiger partial charge in [-0.25, -0.2) is 17.1 Å². The zero-order valence-corrected chi connectivity index (χ0v) is 18.4. The van der Waals surface area contributed by atoms with E-state index in [0.717, 1.165) is 10.4 Å². The number of carbonyl (C=O) groups is 3. The highest BCUT2D eigenvalue weighted by atomic mass is 32.2. The Morgan fingerprint density at radius 2 is 1.94 bits per heavy atom. The molecule has 0 fully saturated rings. The predicted octanol–water partition coefficient (Wildman–Crippen LogP) is 2.07. The summed E-state index contributed by atoms with van der Waals surface area (Å²) in [6, 6.07) is 9.31. The van der Waals surface area contributed by atoms with Crippen molar-refractivity contribution >= 4 is 39.2 Å². The molecule has 3 rings (SSSR count). The third kappa shape index (κ3) is 4.94. The first-order chi connectivity index (χ1) is 15.0. The average molecular weight is 463 g/mol. The van der Waals surface area contributed by atoms with Crippen LogP contribution in [0.2, 0.25) is 0 Å². The lowest BCUT2D eigenvalue weighted by Gasteiger charge is -2.25. The highest BCUT2D eigenvalue weighted by molar-refractivity contribution is 7.89. The SMILES string of the molecule is C[C@@H](OC(=O)[C@@H]1CC(=O)Nc2cc(F)ccc21)C(=O)Nc1cccc(S(=O)(=O)N(C)C)c1. The number of sulfonamides is 1. The number of nitrogens with one attached hydrogen (secondary N) is 2. The Hall–Kier alpha value is -3.31. The number of benzene rings is 2. The van der Waals surface area contributed by atoms with Crippen LogP contribution in [-0.4, -0.2) is 50.7 Å². The van der Waals surface area contributed by atoms with Gasteiger partial charge in [-0.2, -0.15) is 0 Å². The van der Waals surface area contributed by atoms with Gasteiger partial charge in [-0.3, -0.25) is 14.4 Å². The molecule has 0 radical (unpaired) electrons. The normalized spacial score (nSPS) is 16.7. The van der Waals surface area contributed by atoms with Crippen LogP contribution in [0, 0.1) is 5.82 Å². The van der Waals surface area contributed by atoms with Gasteiger partial charge in [0, 0.05) is 31.9 Å². The molecule has 2 N–H and O–H groups in total. The maximum Gasteiger partial charge on any atom is 0.314 e. The molecule has 0 aromatic heterocycles. The molecule has 9 nitrogen and oxygen atoms in total. The van der Waals surface area contributed by atoms with Crippen molar-refractivity contribution in [2.45, 2.75) is 30.3 Å². The van der Waals surface area contributed by atoms with Crippen molar-refractivity contribution in [2.75, 3.05) is 24.7 Å². The first-order valence-electron chi connectivity index (χ1n) is 9.62. The molecule has 1 aliphatic heterocycles. The predicted molar refractivity (Wildman–Crippen MR) is 114 cm³/mol. The highest BCUT2D eigenvalue weighted by Gasteiger charge is 2.34. The summed E-state index contributed by atoms with van der Waals surface area (Å²) in [4.78, 5) is 37.0. The second-order valence-electron chi connectivity index (χ2n) is 7.42. The van der Waals surface area contributed by atoms with Crippen molar-refractivity contribution in [3.8, 4) is 0 Å². The van der Waals surface area contributed by atoms with Gasteiger partial charge in [0.2, 0.25) is 15.9 Å². The van der Waals surface area contributed by atoms with Crippen LogP contribution in [-0.2, 0) is 29.1 Å². The number of ether oxygens (including phenoxy) is 1. The van der Waals surface area contributed by atoms with Gasteiger partial charge in [0.25, 0.3) is 5.91 Å². The van der Waals surface area contributed by atoms with Crippen molar-refractivity contribution < 1.29 is 31.9 Å². The quantitative estimate of drug-likeness (QED) is 0.633. The molecule has 32 heavy (non-hydrogen) atoms. The fraction of sp³-hybridized carbons (Fsp3) is 0.286. The lowest BCUT2D eigenvalue weighted by Crippen LogP contribution is -2.34. The fourth-order valence-electron chi connectivity index (χ4n) is 3.15. The van der Waals surface area contributed by atoms with Crippen LogP contribution in [0.25, 0.3) is 0 Å². The molecule has 2 amide bonds. The van der Waals surface area contributed by atoms with Crippen LogP contribution in [0.3, 0.4) is 0 Å². The maximum atomic E-state index is 13.5. The summed E-state index contributed by atoms with van der Waals surface area (Å²) in [5.74, 6) is -3.51. The first kappa shape index (κ1) is 23.4. The van der Waals surface area contributed by atoms with Crippen LogP contribution in [0.5, 0.6) is 0 Å². The number of halogens is 1. The van der Waals surface area contributed by atoms with Crippen LogP contribution in [0.1, 0.15) is 24.8 Å². The Morgan fingerprint density at radius 3 is 2.62 bits per heavy atom. The number of anilines is 2. The number of fused-ring (bicyclic) bond motifs is 1. The molecule has 1 heterocycles. The molecule has 0 saturated carbocycles. The Morgan fingerprint density at radius 1 is 1.22 bits per heavy atom. The molecule has 1 aliphatic rings. The fourth-order valence-corrected chi connectivity index (χ4v) is 4.09. The Labute approximate surface area is 184 Å². The minimum atomic E-state index is -3.69. The summed E-state index contributed by atoms with van der Waals surface area (Å²) in [5.41, 5.74) is 0.781. The molecule has 2 aromatic rings. The molecule has 2 atom stereocenters. The maximum absolute atomic E-state index is 13.5. The molecule has 0 bridgehead atoms. The molecule has 11 heteroatoms. The number of esters is 1. The molecular formula is C21H22FN3O6S. The summed E-state index contributed by atoms with van der Waals surface area (Å²) in [5, 5.41) is 5.01. The smallest absolute Gasteiger partial charge is 0.314 e. The summed E-state index contributed by atoms with van der Waals surface area (Å²) >= 11 is 0. The Kier molecular flexibility index (Phi) is 6.60. The van der Waals surface area contributed by atoms with Gasteiger partial charge >= 0.3 is 5.97 Å². The van der Waals surface area contributed by atoms with Gasteiger partial charge in [-0.05, 0) is 42.8 Å². The topological polar surface area (TPSA) is 122 Å². The van der Waals surface area contributed by atoms with Crippen molar-refractivity contribution in [3.63, 3.8) is 0 Å². The van der Waals surface area contributed by atoms with Gasteiger partial charge in [-0.15, -0.1) is 0 Å². The van der Waals surface area contributed by atoms with E-state index in [4.69, 9.17) is 4.74 Å². The van der Waals surface area contributed by atoms with Crippen LogP contribution in [0.15, 0.2) is 47.4 Å². The van der Waals surface area contributed by atoms with Gasteiger partial charge in [-0.1, -0.05) is 12.1 Å². The van der Waals surface area contributed by atoms with E-state index in [0.29, 0.717) is 5.56 Å². The van der Waals surface area contributed by atoms with E-state index in [1.54, 1.807) is 0 Å². The third-order valence-corrected chi connectivity index (χ3v) is 6.69. The number of carbonyl (C=O) groups excluding carboxylic acids is 3. The van der Waals surface area contributed by atoms with E-state index >= 15 is 0 Å². The molecule has 0 unspecified atom stereocenters. The van der Waals surface area contributed by atoms with E-state index in [9.17, 15) is 27.2 Å². The highest BCUT2D eigenvalue weighted by Crippen LogP contribution is 2.33. The van der Waals surface area contributed by atoms with E-state index in [1.807, 2.05) is 0 Å². The number of hydrogen-bond donors (Lipinski definition) is 2. The van der Waals surface area contributed by atoms with E-state index < -0.39 is 45.6 Å². The standard InChI is InChI=1S/C21H22FN3O6S/c1-12(20(27)23-14-5-4-6-15(10-14)32(29,30)25(2)3)31-21(28)17-11-19(26)24-18-9-13(22)7-8-16(17)18/h4-10,12,17H,11H2,1-3H3,(H,23,27)(H,24,26)/t12-,17-/m1/s1. The second-order valence-corrected chi connectivity index (χ2v) is 9.57. The molecule has 0 saturated heterocycles.